The Kier molecular flexibility index (Phi) is 8.36. The number of fused-ring (bicyclic) bond motifs is 1. The molecule has 0 bridgehead atoms. The molecule has 1 atom stereocenters. The van der Waals surface area contributed by atoms with E-state index in [0.717, 1.165) is 5.56 Å². The molecule has 0 aliphatic heterocycles. The Morgan fingerprint density at radius 1 is 1.16 bits per heavy atom. The second-order valence-corrected chi connectivity index (χ2v) is 8.56. The van der Waals surface area contributed by atoms with E-state index >= 15 is 0 Å². The fourth-order valence-corrected chi connectivity index (χ4v) is 4.01. The van der Waals surface area contributed by atoms with Gasteiger partial charge in [0.15, 0.2) is 0 Å². The zero-order valence-electron chi connectivity index (χ0n) is 17.9. The molecule has 1 heterocycles. The molecule has 168 valence electrons. The summed E-state index contributed by atoms with van der Waals surface area (Å²) in [5.41, 5.74) is 1.66. The highest BCUT2D eigenvalue weighted by atomic mass is 35.5. The van der Waals surface area contributed by atoms with Crippen LogP contribution in [0.1, 0.15) is 34.8 Å². The number of rotatable bonds is 9. The van der Waals surface area contributed by atoms with Gasteiger partial charge in [0.25, 0.3) is 5.91 Å². The van der Waals surface area contributed by atoms with E-state index in [2.05, 4.69) is 5.32 Å². The number of nitrogens with one attached hydrogen (secondary N) is 1. The lowest BCUT2D eigenvalue weighted by Crippen LogP contribution is -2.42. The number of carbonyl (C=O) groups excluding carboxylic acids is 2. The van der Waals surface area contributed by atoms with Crippen LogP contribution in [0.2, 0.25) is 5.02 Å². The lowest BCUT2D eigenvalue weighted by atomic mass is 10.1. The molecule has 0 radical (unpaired) electrons. The molecule has 0 aliphatic carbocycles. The summed E-state index contributed by atoms with van der Waals surface area (Å²) in [7, 11) is 0. The van der Waals surface area contributed by atoms with Crippen molar-refractivity contribution < 1.29 is 18.7 Å². The van der Waals surface area contributed by atoms with Crippen LogP contribution in [-0.4, -0.2) is 29.9 Å². The van der Waals surface area contributed by atoms with Crippen molar-refractivity contribution in [2.45, 2.75) is 32.4 Å². The molecule has 1 aromatic heterocycles. The fraction of sp³-hybridized carbons (Fsp3) is 0.292. The summed E-state index contributed by atoms with van der Waals surface area (Å²) in [6.07, 6.45) is 3.03. The van der Waals surface area contributed by atoms with Gasteiger partial charge in [-0.15, -0.1) is 0 Å². The minimum absolute atomic E-state index is 0.139. The number of thioether (sulfide) groups is 1. The topological polar surface area (TPSA) is 85.6 Å². The van der Waals surface area contributed by atoms with E-state index in [0.29, 0.717) is 45.7 Å². The van der Waals surface area contributed by atoms with Crippen molar-refractivity contribution >= 4 is 46.2 Å². The second kappa shape index (κ2) is 11.2. The summed E-state index contributed by atoms with van der Waals surface area (Å²) >= 11 is 7.89. The van der Waals surface area contributed by atoms with Gasteiger partial charge in [-0.25, -0.2) is 9.59 Å². The predicted octanol–water partition coefficient (Wildman–Crippen LogP) is 4.60. The summed E-state index contributed by atoms with van der Waals surface area (Å²) in [6.45, 7) is 1.81. The smallest absolute Gasteiger partial charge is 0.336 e. The predicted molar refractivity (Wildman–Crippen MR) is 127 cm³/mol. The number of halogens is 1. The molecule has 3 rings (SSSR count). The van der Waals surface area contributed by atoms with Gasteiger partial charge in [0.1, 0.15) is 18.2 Å². The van der Waals surface area contributed by atoms with Gasteiger partial charge in [0, 0.05) is 27.6 Å². The van der Waals surface area contributed by atoms with E-state index in [1.807, 2.05) is 19.2 Å². The van der Waals surface area contributed by atoms with Crippen LogP contribution < -0.4 is 10.9 Å². The average Bonchev–Trinajstić information content (AvgIpc) is 2.80. The molecule has 0 spiro atoms. The van der Waals surface area contributed by atoms with Crippen LogP contribution in [0, 0.1) is 0 Å². The minimum Gasteiger partial charge on any atom is -0.459 e. The molecule has 0 unspecified atom stereocenters. The maximum absolute atomic E-state index is 12.8. The third-order valence-corrected chi connectivity index (χ3v) is 5.98. The quantitative estimate of drug-likeness (QED) is 0.361. The number of hydrogen-bond donors (Lipinski definition) is 1. The minimum atomic E-state index is -0.808. The molecule has 8 heteroatoms. The van der Waals surface area contributed by atoms with Crippen molar-refractivity contribution in [2.24, 2.45) is 0 Å². The van der Waals surface area contributed by atoms with Crippen molar-refractivity contribution in [3.63, 3.8) is 0 Å². The van der Waals surface area contributed by atoms with Crippen LogP contribution in [0.25, 0.3) is 11.0 Å². The van der Waals surface area contributed by atoms with Crippen molar-refractivity contribution in [2.75, 3.05) is 12.0 Å². The molecule has 0 saturated heterocycles. The molecule has 1 N–H and O–H groups in total. The fourth-order valence-electron chi connectivity index (χ4n) is 3.24. The lowest BCUT2D eigenvalue weighted by Gasteiger charge is -2.18. The van der Waals surface area contributed by atoms with E-state index in [4.69, 9.17) is 20.8 Å². The Morgan fingerprint density at radius 3 is 2.59 bits per heavy atom. The molecule has 0 saturated carbocycles. The highest BCUT2D eigenvalue weighted by Crippen LogP contribution is 2.26. The zero-order valence-corrected chi connectivity index (χ0v) is 19.4. The molecular formula is C24H24ClNO5S. The lowest BCUT2D eigenvalue weighted by molar-refractivity contribution is -0.147. The highest BCUT2D eigenvalue weighted by Gasteiger charge is 2.23. The van der Waals surface area contributed by atoms with E-state index in [9.17, 15) is 14.4 Å². The van der Waals surface area contributed by atoms with Crippen LogP contribution >= 0.6 is 23.4 Å². The third kappa shape index (κ3) is 5.93. The normalized spacial score (nSPS) is 11.8. The van der Waals surface area contributed by atoms with Gasteiger partial charge in [-0.2, -0.15) is 11.8 Å². The Balaban J connectivity index is 1.78. The van der Waals surface area contributed by atoms with Crippen LogP contribution in [0.4, 0.5) is 0 Å². The monoisotopic (exact) mass is 473 g/mol. The van der Waals surface area contributed by atoms with Gasteiger partial charge < -0.3 is 14.5 Å². The molecular weight excluding hydrogens is 450 g/mol. The number of amides is 1. The van der Waals surface area contributed by atoms with Crippen LogP contribution in [0.5, 0.6) is 0 Å². The number of ether oxygens (including phenoxy) is 1. The Bertz CT molecular complexity index is 1160. The average molecular weight is 474 g/mol. The summed E-state index contributed by atoms with van der Waals surface area (Å²) in [4.78, 5) is 37.3. The molecule has 2 aromatic carbocycles. The first-order valence-corrected chi connectivity index (χ1v) is 12.0. The van der Waals surface area contributed by atoms with E-state index < -0.39 is 17.6 Å². The SMILES string of the molecule is CCc1cc2oc(=O)cc(COC(=O)[C@H](CCSC)NC(=O)c3ccccc3)c2cc1Cl. The summed E-state index contributed by atoms with van der Waals surface area (Å²) in [5.74, 6) is -0.249. The Labute approximate surface area is 195 Å². The third-order valence-electron chi connectivity index (χ3n) is 4.98. The van der Waals surface area contributed by atoms with Gasteiger partial charge in [-0.3, -0.25) is 4.79 Å². The number of carbonyl (C=O) groups is 2. The summed E-state index contributed by atoms with van der Waals surface area (Å²) in [5, 5.41) is 3.90. The van der Waals surface area contributed by atoms with Gasteiger partial charge in [0.2, 0.25) is 0 Å². The maximum Gasteiger partial charge on any atom is 0.336 e. The Morgan fingerprint density at radius 2 is 1.91 bits per heavy atom. The van der Waals surface area contributed by atoms with Crippen LogP contribution in [0.15, 0.2) is 57.7 Å². The summed E-state index contributed by atoms with van der Waals surface area (Å²) in [6, 6.07) is 12.6. The molecule has 6 nitrogen and oxygen atoms in total. The molecule has 1 amide bonds. The highest BCUT2D eigenvalue weighted by molar-refractivity contribution is 7.98. The van der Waals surface area contributed by atoms with Gasteiger partial charge in [0.05, 0.1) is 0 Å². The van der Waals surface area contributed by atoms with Crippen molar-refractivity contribution in [3.8, 4) is 0 Å². The summed E-state index contributed by atoms with van der Waals surface area (Å²) < 4.78 is 10.8. The van der Waals surface area contributed by atoms with E-state index in [1.54, 1.807) is 48.2 Å². The molecule has 0 aliphatic rings. The van der Waals surface area contributed by atoms with Crippen molar-refractivity contribution in [1.82, 2.24) is 5.32 Å². The van der Waals surface area contributed by atoms with E-state index in [1.165, 1.54) is 6.07 Å². The first-order valence-electron chi connectivity index (χ1n) is 10.2. The molecule has 3 aromatic rings. The van der Waals surface area contributed by atoms with Crippen molar-refractivity contribution in [3.05, 3.63) is 80.7 Å². The van der Waals surface area contributed by atoms with E-state index in [-0.39, 0.29) is 12.5 Å². The van der Waals surface area contributed by atoms with Crippen LogP contribution in [-0.2, 0) is 22.6 Å². The maximum atomic E-state index is 12.8. The van der Waals surface area contributed by atoms with Gasteiger partial charge in [-0.05, 0) is 54.7 Å². The van der Waals surface area contributed by atoms with Crippen LogP contribution in [0.3, 0.4) is 0 Å². The number of hydrogen-bond acceptors (Lipinski definition) is 6. The first-order chi connectivity index (χ1) is 15.4. The molecule has 32 heavy (non-hydrogen) atoms. The largest absolute Gasteiger partial charge is 0.459 e. The second-order valence-electron chi connectivity index (χ2n) is 7.17. The van der Waals surface area contributed by atoms with Gasteiger partial charge in [-0.1, -0.05) is 36.7 Å². The number of benzene rings is 2. The zero-order chi connectivity index (χ0) is 23.1. The standard InChI is InChI=1S/C24H24ClNO5S/c1-3-15-11-21-18(13-19(15)25)17(12-22(27)31-21)14-30-24(29)20(9-10-32-2)26-23(28)16-7-5-4-6-8-16/h4-8,11-13,20H,3,9-10,14H2,1-2H3,(H,26,28)/t20-/m0/s1. The Hall–Kier alpha value is -2.77. The number of aryl methyl sites for hydroxylation is 1. The number of esters is 1. The first kappa shape index (κ1) is 23.9. The molecule has 0 fully saturated rings. The van der Waals surface area contributed by atoms with Gasteiger partial charge >= 0.3 is 11.6 Å². The van der Waals surface area contributed by atoms with Crippen molar-refractivity contribution in [1.29, 1.82) is 0 Å².